The lowest BCUT2D eigenvalue weighted by Crippen LogP contribution is -2.32. The first-order chi connectivity index (χ1) is 9.31. The zero-order valence-electron chi connectivity index (χ0n) is 11.0. The number of anilines is 1. The van der Waals surface area contributed by atoms with E-state index in [0.717, 1.165) is 36.1 Å². The van der Waals surface area contributed by atoms with Crippen LogP contribution in [0.5, 0.6) is 0 Å². The smallest absolute Gasteiger partial charge is 0.211 e. The van der Waals surface area contributed by atoms with Crippen LogP contribution in [0.4, 0.5) is 5.69 Å². The molecule has 1 aliphatic rings. The molecule has 0 bridgehead atoms. The highest BCUT2D eigenvalue weighted by atomic mass is 16.1. The van der Waals surface area contributed by atoms with Gasteiger partial charge in [-0.25, -0.2) is 0 Å². The van der Waals surface area contributed by atoms with Gasteiger partial charge in [0, 0.05) is 17.6 Å². The van der Waals surface area contributed by atoms with E-state index >= 15 is 0 Å². The minimum atomic E-state index is 0.408. The first kappa shape index (κ1) is 12.2. The molecule has 1 unspecified atom stereocenters. The van der Waals surface area contributed by atoms with E-state index in [1.54, 1.807) is 0 Å². The highest BCUT2D eigenvalue weighted by Crippen LogP contribution is 2.28. The van der Waals surface area contributed by atoms with Crippen LogP contribution in [-0.2, 0) is 4.79 Å². The second kappa shape index (κ2) is 5.01. The minimum Gasteiger partial charge on any atom is -0.327 e. The molecular weight excluding hydrogens is 240 g/mol. The number of aryl methyl sites for hydroxylation is 1. The molecule has 1 aliphatic heterocycles. The van der Waals surface area contributed by atoms with E-state index in [4.69, 9.17) is 5.10 Å². The summed E-state index contributed by atoms with van der Waals surface area (Å²) in [4.78, 5) is 10.7. The van der Waals surface area contributed by atoms with Gasteiger partial charge in [-0.2, -0.15) is 5.10 Å². The van der Waals surface area contributed by atoms with Crippen LogP contribution >= 0.6 is 0 Å². The molecule has 1 atom stereocenters. The first-order valence-electron chi connectivity index (χ1n) is 6.70. The fraction of sp³-hybridized carbons (Fsp3) is 0.429. The number of piperidine rings is 1. The summed E-state index contributed by atoms with van der Waals surface area (Å²) in [6, 6.07) is 6.30. The second-order valence-electron chi connectivity index (χ2n) is 4.99. The van der Waals surface area contributed by atoms with Crippen molar-refractivity contribution in [3.05, 3.63) is 23.9 Å². The molecule has 0 aliphatic carbocycles. The number of rotatable bonds is 3. The summed E-state index contributed by atoms with van der Waals surface area (Å²) < 4.78 is 2.10. The summed E-state index contributed by atoms with van der Waals surface area (Å²) in [5.41, 5.74) is 2.81. The molecule has 0 radical (unpaired) electrons. The van der Waals surface area contributed by atoms with Gasteiger partial charge in [0.05, 0.1) is 11.7 Å². The Morgan fingerprint density at radius 1 is 1.53 bits per heavy atom. The van der Waals surface area contributed by atoms with E-state index in [1.807, 2.05) is 12.1 Å². The number of amides is 1. The quantitative estimate of drug-likeness (QED) is 0.826. The topological polar surface area (TPSA) is 59.0 Å². The number of benzene rings is 1. The number of hydrogen-bond acceptors (Lipinski definition) is 3. The molecule has 2 aromatic rings. The van der Waals surface area contributed by atoms with Crippen LogP contribution in [0.15, 0.2) is 18.2 Å². The van der Waals surface area contributed by atoms with E-state index in [9.17, 15) is 4.79 Å². The highest BCUT2D eigenvalue weighted by Gasteiger charge is 2.19. The summed E-state index contributed by atoms with van der Waals surface area (Å²) >= 11 is 0. The Bertz CT molecular complexity index is 599. The summed E-state index contributed by atoms with van der Waals surface area (Å²) in [7, 11) is 0. The van der Waals surface area contributed by atoms with Gasteiger partial charge in [-0.1, -0.05) is 12.1 Å². The second-order valence-corrected chi connectivity index (χ2v) is 4.99. The van der Waals surface area contributed by atoms with E-state index in [0.29, 0.717) is 12.5 Å². The van der Waals surface area contributed by atoms with Crippen molar-refractivity contribution in [2.75, 3.05) is 18.4 Å². The van der Waals surface area contributed by atoms with Crippen LogP contribution in [0.2, 0.25) is 0 Å². The van der Waals surface area contributed by atoms with Crippen molar-refractivity contribution in [2.45, 2.75) is 25.8 Å². The van der Waals surface area contributed by atoms with Gasteiger partial charge in [0.15, 0.2) is 0 Å². The van der Waals surface area contributed by atoms with Crippen LogP contribution in [0, 0.1) is 6.92 Å². The van der Waals surface area contributed by atoms with Crippen molar-refractivity contribution in [1.82, 2.24) is 15.1 Å². The summed E-state index contributed by atoms with van der Waals surface area (Å²) in [5.74, 6) is 0. The SMILES string of the molecule is Cc1c2cccc(NC=O)c2nn1C1CCCNC1. The van der Waals surface area contributed by atoms with Crippen molar-refractivity contribution in [3.63, 3.8) is 0 Å². The fourth-order valence-electron chi connectivity index (χ4n) is 2.83. The van der Waals surface area contributed by atoms with Gasteiger partial charge in [-0.3, -0.25) is 9.48 Å². The number of aromatic nitrogens is 2. The Hall–Kier alpha value is -1.88. The molecule has 5 heteroatoms. The van der Waals surface area contributed by atoms with Crippen LogP contribution in [0.25, 0.3) is 10.9 Å². The van der Waals surface area contributed by atoms with Crippen molar-refractivity contribution in [1.29, 1.82) is 0 Å². The van der Waals surface area contributed by atoms with E-state index < -0.39 is 0 Å². The maximum atomic E-state index is 10.7. The van der Waals surface area contributed by atoms with E-state index in [2.05, 4.69) is 28.3 Å². The third-order valence-corrected chi connectivity index (χ3v) is 3.81. The predicted octanol–water partition coefficient (Wildman–Crippen LogP) is 1.84. The molecule has 1 aromatic carbocycles. The molecule has 1 saturated heterocycles. The lowest BCUT2D eigenvalue weighted by molar-refractivity contribution is -0.105. The molecule has 0 saturated carbocycles. The minimum absolute atomic E-state index is 0.408. The molecule has 1 aromatic heterocycles. The van der Waals surface area contributed by atoms with Crippen LogP contribution < -0.4 is 10.6 Å². The maximum Gasteiger partial charge on any atom is 0.211 e. The lowest BCUT2D eigenvalue weighted by atomic mass is 10.1. The number of fused-ring (bicyclic) bond motifs is 1. The molecule has 3 rings (SSSR count). The lowest BCUT2D eigenvalue weighted by Gasteiger charge is -2.24. The van der Waals surface area contributed by atoms with Crippen molar-refractivity contribution < 1.29 is 4.79 Å². The Morgan fingerprint density at radius 3 is 3.16 bits per heavy atom. The number of hydrogen-bond donors (Lipinski definition) is 2. The molecule has 5 nitrogen and oxygen atoms in total. The highest BCUT2D eigenvalue weighted by molar-refractivity contribution is 5.95. The van der Waals surface area contributed by atoms with Crippen molar-refractivity contribution in [2.24, 2.45) is 0 Å². The molecule has 1 fully saturated rings. The van der Waals surface area contributed by atoms with Crippen LogP contribution in [0.3, 0.4) is 0 Å². The van der Waals surface area contributed by atoms with Gasteiger partial charge in [0.1, 0.15) is 5.52 Å². The van der Waals surface area contributed by atoms with Gasteiger partial charge in [0.25, 0.3) is 0 Å². The molecule has 1 amide bonds. The molecular formula is C14H18N4O. The largest absolute Gasteiger partial charge is 0.327 e. The molecule has 19 heavy (non-hydrogen) atoms. The van der Waals surface area contributed by atoms with Gasteiger partial charge < -0.3 is 10.6 Å². The average Bonchev–Trinajstić information content (AvgIpc) is 2.79. The van der Waals surface area contributed by atoms with Crippen LogP contribution in [-0.4, -0.2) is 29.3 Å². The molecule has 2 heterocycles. The van der Waals surface area contributed by atoms with Crippen LogP contribution in [0.1, 0.15) is 24.6 Å². The van der Waals surface area contributed by atoms with Crippen molar-refractivity contribution in [3.8, 4) is 0 Å². The first-order valence-corrected chi connectivity index (χ1v) is 6.70. The Kier molecular flexibility index (Phi) is 3.21. The van der Waals surface area contributed by atoms with E-state index in [1.165, 1.54) is 12.1 Å². The normalized spacial score (nSPS) is 19.5. The van der Waals surface area contributed by atoms with Gasteiger partial charge in [-0.05, 0) is 32.4 Å². The monoisotopic (exact) mass is 258 g/mol. The fourth-order valence-corrected chi connectivity index (χ4v) is 2.83. The predicted molar refractivity (Wildman–Crippen MR) is 75.3 cm³/mol. The van der Waals surface area contributed by atoms with Gasteiger partial charge in [-0.15, -0.1) is 0 Å². The van der Waals surface area contributed by atoms with E-state index in [-0.39, 0.29) is 0 Å². The van der Waals surface area contributed by atoms with Gasteiger partial charge in [0.2, 0.25) is 6.41 Å². The summed E-state index contributed by atoms with van der Waals surface area (Å²) in [6.45, 7) is 4.15. The summed E-state index contributed by atoms with van der Waals surface area (Å²) in [6.07, 6.45) is 3.03. The Labute approximate surface area is 112 Å². The number of nitrogens with zero attached hydrogens (tertiary/aromatic N) is 2. The summed E-state index contributed by atoms with van der Waals surface area (Å²) in [5, 5.41) is 12.0. The third-order valence-electron chi connectivity index (χ3n) is 3.81. The Morgan fingerprint density at radius 2 is 2.42 bits per heavy atom. The van der Waals surface area contributed by atoms with Gasteiger partial charge >= 0.3 is 0 Å². The Balaban J connectivity index is 2.08. The molecule has 2 N–H and O–H groups in total. The third kappa shape index (κ3) is 2.10. The molecule has 100 valence electrons. The number of carbonyl (C=O) groups excluding carboxylic acids is 1. The molecule has 0 spiro atoms. The number of carbonyl (C=O) groups is 1. The number of nitrogens with one attached hydrogen (secondary N) is 2. The van der Waals surface area contributed by atoms with Crippen molar-refractivity contribution >= 4 is 23.0 Å². The zero-order valence-corrected chi connectivity index (χ0v) is 11.0. The average molecular weight is 258 g/mol. The zero-order chi connectivity index (χ0) is 13.2. The maximum absolute atomic E-state index is 10.7. The standard InChI is InChI=1S/C14H18N4O/c1-10-12-5-2-6-13(16-9-19)14(12)17-18(10)11-4-3-7-15-8-11/h2,5-6,9,11,15H,3-4,7-8H2,1H3,(H,16,19).